The van der Waals surface area contributed by atoms with E-state index >= 15 is 0 Å². The fourth-order valence-corrected chi connectivity index (χ4v) is 2.22. The Bertz CT molecular complexity index is 424. The molecule has 0 bridgehead atoms. The molecule has 1 aromatic rings. The Kier molecular flexibility index (Phi) is 3.91. The maximum absolute atomic E-state index is 13.0. The van der Waals surface area contributed by atoms with Gasteiger partial charge in [-0.1, -0.05) is 0 Å². The fraction of sp³-hybridized carbons (Fsp3) is 0.462. The van der Waals surface area contributed by atoms with Crippen molar-refractivity contribution in [2.24, 2.45) is 0 Å². The van der Waals surface area contributed by atoms with Crippen LogP contribution < -0.4 is 5.32 Å². The lowest BCUT2D eigenvalue weighted by Gasteiger charge is -2.21. The van der Waals surface area contributed by atoms with Gasteiger partial charge in [-0.15, -0.1) is 0 Å². The van der Waals surface area contributed by atoms with Gasteiger partial charge in [0.2, 0.25) is 0 Å². The molecule has 0 radical (unpaired) electrons. The predicted octanol–water partition coefficient (Wildman–Crippen LogP) is 1.79. The van der Waals surface area contributed by atoms with Crippen LogP contribution in [0.2, 0.25) is 0 Å². The lowest BCUT2D eigenvalue weighted by molar-refractivity contribution is 0.0783. The summed E-state index contributed by atoms with van der Waals surface area (Å²) in [6.45, 7) is 1.51. The number of nitrogens with zero attached hydrogens (tertiary/aromatic N) is 1. The van der Waals surface area contributed by atoms with Crippen LogP contribution in [0.3, 0.4) is 0 Å². The lowest BCUT2D eigenvalue weighted by atomic mass is 10.1. The molecular weight excluding hydrogens is 238 g/mol. The van der Waals surface area contributed by atoms with E-state index in [2.05, 4.69) is 5.32 Å². The Labute approximate surface area is 105 Å². The van der Waals surface area contributed by atoms with Crippen LogP contribution in [0.4, 0.5) is 8.78 Å². The van der Waals surface area contributed by atoms with Crippen LogP contribution in [0.5, 0.6) is 0 Å². The molecule has 5 heteroatoms. The van der Waals surface area contributed by atoms with E-state index in [9.17, 15) is 13.6 Å². The summed E-state index contributed by atoms with van der Waals surface area (Å²) < 4.78 is 26.1. The van der Waals surface area contributed by atoms with Crippen molar-refractivity contribution in [3.8, 4) is 0 Å². The van der Waals surface area contributed by atoms with Crippen molar-refractivity contribution >= 4 is 5.91 Å². The van der Waals surface area contributed by atoms with Crippen LogP contribution in [-0.2, 0) is 0 Å². The van der Waals surface area contributed by atoms with Crippen molar-refractivity contribution in [3.63, 3.8) is 0 Å². The number of carbonyl (C=O) groups excluding carboxylic acids is 1. The van der Waals surface area contributed by atoms with Gasteiger partial charge < -0.3 is 10.2 Å². The van der Waals surface area contributed by atoms with Crippen molar-refractivity contribution in [2.45, 2.75) is 18.9 Å². The third kappa shape index (κ3) is 3.04. The molecule has 18 heavy (non-hydrogen) atoms. The first-order valence-corrected chi connectivity index (χ1v) is 6.01. The number of amides is 1. The summed E-state index contributed by atoms with van der Waals surface area (Å²) in [5.74, 6) is -1.82. The Morgan fingerprint density at radius 3 is 2.61 bits per heavy atom. The highest BCUT2D eigenvalue weighted by atomic mass is 19.1. The van der Waals surface area contributed by atoms with Gasteiger partial charge in [0.05, 0.1) is 0 Å². The van der Waals surface area contributed by atoms with Crippen LogP contribution in [0.1, 0.15) is 23.2 Å². The maximum Gasteiger partial charge on any atom is 0.253 e. The minimum atomic E-state index is -0.731. The highest BCUT2D eigenvalue weighted by Crippen LogP contribution is 2.12. The molecule has 2 rings (SSSR count). The summed E-state index contributed by atoms with van der Waals surface area (Å²) in [6.07, 6.45) is 2.12. The third-order valence-corrected chi connectivity index (χ3v) is 3.11. The van der Waals surface area contributed by atoms with Crippen molar-refractivity contribution in [2.75, 3.05) is 20.1 Å². The van der Waals surface area contributed by atoms with Gasteiger partial charge in [0.25, 0.3) is 5.91 Å². The Balaban J connectivity index is 2.04. The molecule has 3 nitrogen and oxygen atoms in total. The average Bonchev–Trinajstić information content (AvgIpc) is 2.79. The van der Waals surface area contributed by atoms with Crippen LogP contribution in [-0.4, -0.2) is 37.0 Å². The first kappa shape index (κ1) is 13.0. The van der Waals surface area contributed by atoms with Gasteiger partial charge >= 0.3 is 0 Å². The summed E-state index contributed by atoms with van der Waals surface area (Å²) in [7, 11) is 1.64. The molecule has 1 fully saturated rings. The van der Waals surface area contributed by atoms with Gasteiger partial charge in [-0.3, -0.25) is 4.79 Å². The molecular formula is C13H16F2N2O. The SMILES string of the molecule is CN(CC1CCCN1)C(=O)c1cc(F)cc(F)c1. The molecule has 0 saturated carbocycles. The van der Waals surface area contributed by atoms with Crippen LogP contribution >= 0.6 is 0 Å². The Morgan fingerprint density at radius 1 is 1.39 bits per heavy atom. The second-order valence-corrected chi connectivity index (χ2v) is 4.64. The Morgan fingerprint density at radius 2 is 2.06 bits per heavy atom. The average molecular weight is 254 g/mol. The summed E-state index contributed by atoms with van der Waals surface area (Å²) in [5.41, 5.74) is 0.0491. The van der Waals surface area contributed by atoms with E-state index in [-0.39, 0.29) is 17.5 Å². The summed E-state index contributed by atoms with van der Waals surface area (Å²) >= 11 is 0. The number of hydrogen-bond donors (Lipinski definition) is 1. The van der Waals surface area contributed by atoms with E-state index in [0.717, 1.165) is 37.6 Å². The number of nitrogens with one attached hydrogen (secondary N) is 1. The largest absolute Gasteiger partial charge is 0.340 e. The van der Waals surface area contributed by atoms with Crippen molar-refractivity contribution in [1.29, 1.82) is 0 Å². The quantitative estimate of drug-likeness (QED) is 0.892. The highest BCUT2D eigenvalue weighted by molar-refractivity contribution is 5.94. The van der Waals surface area contributed by atoms with Gasteiger partial charge in [-0.25, -0.2) is 8.78 Å². The fourth-order valence-electron chi connectivity index (χ4n) is 2.22. The molecule has 0 spiro atoms. The first-order valence-electron chi connectivity index (χ1n) is 6.01. The van der Waals surface area contributed by atoms with Crippen LogP contribution in [0.15, 0.2) is 18.2 Å². The van der Waals surface area contributed by atoms with E-state index in [1.807, 2.05) is 0 Å². The molecule has 1 atom stereocenters. The van der Waals surface area contributed by atoms with E-state index < -0.39 is 11.6 Å². The second-order valence-electron chi connectivity index (χ2n) is 4.64. The molecule has 1 heterocycles. The number of hydrogen-bond acceptors (Lipinski definition) is 2. The van der Waals surface area contributed by atoms with E-state index in [4.69, 9.17) is 0 Å². The molecule has 1 N–H and O–H groups in total. The molecule has 1 saturated heterocycles. The van der Waals surface area contributed by atoms with Crippen molar-refractivity contribution < 1.29 is 13.6 Å². The standard InChI is InChI=1S/C13H16F2N2O/c1-17(8-12-3-2-4-16-12)13(18)9-5-10(14)7-11(15)6-9/h5-7,12,16H,2-4,8H2,1H3. The van der Waals surface area contributed by atoms with Gasteiger partial charge in [-0.2, -0.15) is 0 Å². The van der Waals surface area contributed by atoms with Gasteiger partial charge in [-0.05, 0) is 31.5 Å². The number of likely N-dealkylation sites (N-methyl/N-ethyl adjacent to an activating group) is 1. The number of carbonyl (C=O) groups is 1. The minimum absolute atomic E-state index is 0.0491. The molecule has 1 aliphatic heterocycles. The van der Waals surface area contributed by atoms with E-state index in [1.165, 1.54) is 4.90 Å². The zero-order chi connectivity index (χ0) is 13.1. The second kappa shape index (κ2) is 5.44. The molecule has 1 aromatic carbocycles. The zero-order valence-electron chi connectivity index (χ0n) is 10.2. The molecule has 1 aliphatic rings. The topological polar surface area (TPSA) is 32.3 Å². The van der Waals surface area contributed by atoms with Crippen molar-refractivity contribution in [3.05, 3.63) is 35.4 Å². The summed E-state index contributed by atoms with van der Waals surface area (Å²) in [6, 6.07) is 3.15. The molecule has 1 unspecified atom stereocenters. The molecule has 98 valence electrons. The normalized spacial score (nSPS) is 18.9. The molecule has 1 amide bonds. The monoisotopic (exact) mass is 254 g/mol. The number of halogens is 2. The molecule has 0 aliphatic carbocycles. The Hall–Kier alpha value is -1.49. The predicted molar refractivity (Wildman–Crippen MR) is 64.3 cm³/mol. The highest BCUT2D eigenvalue weighted by Gasteiger charge is 2.20. The van der Waals surface area contributed by atoms with Crippen LogP contribution in [0.25, 0.3) is 0 Å². The molecule has 0 aromatic heterocycles. The summed E-state index contributed by atoms with van der Waals surface area (Å²) in [4.78, 5) is 13.5. The lowest BCUT2D eigenvalue weighted by Crippen LogP contribution is -2.38. The third-order valence-electron chi connectivity index (χ3n) is 3.11. The van der Waals surface area contributed by atoms with Crippen molar-refractivity contribution in [1.82, 2.24) is 10.2 Å². The number of rotatable bonds is 3. The van der Waals surface area contributed by atoms with Gasteiger partial charge in [0, 0.05) is 31.3 Å². The van der Waals surface area contributed by atoms with Crippen LogP contribution in [0, 0.1) is 11.6 Å². The number of benzene rings is 1. The maximum atomic E-state index is 13.0. The van der Waals surface area contributed by atoms with E-state index in [1.54, 1.807) is 7.05 Å². The van der Waals surface area contributed by atoms with Gasteiger partial charge in [0.1, 0.15) is 11.6 Å². The minimum Gasteiger partial charge on any atom is -0.340 e. The first-order chi connectivity index (χ1) is 8.56. The zero-order valence-corrected chi connectivity index (χ0v) is 10.2. The summed E-state index contributed by atoms with van der Waals surface area (Å²) in [5, 5.41) is 3.27. The van der Waals surface area contributed by atoms with E-state index in [0.29, 0.717) is 6.54 Å². The van der Waals surface area contributed by atoms with Gasteiger partial charge in [0.15, 0.2) is 0 Å². The smallest absolute Gasteiger partial charge is 0.253 e.